The summed E-state index contributed by atoms with van der Waals surface area (Å²) in [7, 11) is -3.75. The monoisotopic (exact) mass is 630 g/mol. The standard InChI is InChI=1S/C31H46N6O6S/c1-3-4-14-33-44(42,43)19-28(38)29(39)26(16-22-10-6-5-7-11-22)34-21(2)15-24-18-37(20-32-24)31(41)36-30(40)27-17-23-12-8-9-13-25(23)35-27/h8-9,12-13,17-18,20-22,26,28-29,33-35,38-39H,3-7,10-11,14-16,19H2,1-2H3,(H,36,40,41)/t21?,26-,28+,29-/m0/s1. The molecule has 0 saturated heterocycles. The lowest BCUT2D eigenvalue weighted by molar-refractivity contribution is -0.00114. The minimum atomic E-state index is -3.75. The fourth-order valence-electron chi connectivity index (χ4n) is 5.89. The Labute approximate surface area is 259 Å². The van der Waals surface area contributed by atoms with Crippen molar-refractivity contribution in [3.05, 3.63) is 54.2 Å². The summed E-state index contributed by atoms with van der Waals surface area (Å²) in [5.74, 6) is -0.768. The molecule has 1 fully saturated rings. The Bertz CT molecular complexity index is 1450. The van der Waals surface area contributed by atoms with Crippen LogP contribution in [0.1, 0.15) is 81.4 Å². The van der Waals surface area contributed by atoms with Crippen molar-refractivity contribution < 1.29 is 28.2 Å². The molecule has 0 bridgehead atoms. The van der Waals surface area contributed by atoms with Crippen molar-refractivity contribution in [3.8, 4) is 0 Å². The van der Waals surface area contributed by atoms with Gasteiger partial charge < -0.3 is 20.5 Å². The number of nitrogens with one attached hydrogen (secondary N) is 4. The lowest BCUT2D eigenvalue weighted by atomic mass is 9.83. The Kier molecular flexibility index (Phi) is 12.1. The van der Waals surface area contributed by atoms with Crippen molar-refractivity contribution in [2.24, 2.45) is 5.92 Å². The van der Waals surface area contributed by atoms with E-state index in [1.807, 2.05) is 38.1 Å². The van der Waals surface area contributed by atoms with E-state index in [1.54, 1.807) is 12.3 Å². The molecule has 1 aliphatic carbocycles. The summed E-state index contributed by atoms with van der Waals surface area (Å²) < 4.78 is 28.6. The van der Waals surface area contributed by atoms with Crippen molar-refractivity contribution in [1.29, 1.82) is 0 Å². The lowest BCUT2D eigenvalue weighted by Crippen LogP contribution is -2.53. The normalized spacial score (nSPS) is 17.3. The van der Waals surface area contributed by atoms with Gasteiger partial charge in [-0.05, 0) is 37.8 Å². The maximum absolute atomic E-state index is 12.7. The second-order valence-electron chi connectivity index (χ2n) is 12.0. The topological polar surface area (TPSA) is 178 Å². The highest BCUT2D eigenvalue weighted by atomic mass is 32.2. The van der Waals surface area contributed by atoms with Gasteiger partial charge in [0.25, 0.3) is 5.91 Å². The van der Waals surface area contributed by atoms with Crippen LogP contribution < -0.4 is 15.4 Å². The predicted octanol–water partition coefficient (Wildman–Crippen LogP) is 3.06. The molecule has 1 aliphatic rings. The highest BCUT2D eigenvalue weighted by molar-refractivity contribution is 7.89. The van der Waals surface area contributed by atoms with Crippen molar-refractivity contribution in [2.75, 3.05) is 12.3 Å². The van der Waals surface area contributed by atoms with Gasteiger partial charge in [0.2, 0.25) is 10.0 Å². The molecular formula is C31H46N6O6S. The summed E-state index contributed by atoms with van der Waals surface area (Å²) in [6.45, 7) is 4.17. The Morgan fingerprint density at radius 2 is 1.91 bits per heavy atom. The van der Waals surface area contributed by atoms with E-state index in [0.717, 1.165) is 43.0 Å². The number of rotatable bonds is 15. The minimum Gasteiger partial charge on any atom is -0.389 e. The van der Waals surface area contributed by atoms with Crippen LogP contribution in [-0.2, 0) is 16.4 Å². The van der Waals surface area contributed by atoms with E-state index in [1.165, 1.54) is 17.3 Å². The summed E-state index contributed by atoms with van der Waals surface area (Å²) in [6, 6.07) is 7.72. The van der Waals surface area contributed by atoms with Gasteiger partial charge in [0.1, 0.15) is 12.0 Å². The first kappa shape index (κ1) is 33.8. The molecule has 44 heavy (non-hydrogen) atoms. The van der Waals surface area contributed by atoms with Crippen LogP contribution in [0.3, 0.4) is 0 Å². The first-order valence-electron chi connectivity index (χ1n) is 15.6. The molecule has 2 aromatic heterocycles. The number of sulfonamides is 1. The summed E-state index contributed by atoms with van der Waals surface area (Å²) in [5, 5.41) is 28.5. The average molecular weight is 631 g/mol. The van der Waals surface area contributed by atoms with Crippen molar-refractivity contribution >= 4 is 32.9 Å². The highest BCUT2D eigenvalue weighted by Gasteiger charge is 2.33. The number of hydrogen-bond donors (Lipinski definition) is 6. The first-order valence-corrected chi connectivity index (χ1v) is 17.3. The number of aliphatic hydroxyl groups is 2. The SMILES string of the molecule is CCCCNS(=O)(=O)C[C@@H](O)[C@@H](O)[C@H](CC1CCCCC1)NC(C)Cc1cn(C(=O)NC(=O)c2cc3ccccc3[nH]2)cn1. The molecule has 1 saturated carbocycles. The molecule has 1 aromatic carbocycles. The van der Waals surface area contributed by atoms with Crippen LogP contribution in [0.4, 0.5) is 4.79 Å². The predicted molar refractivity (Wildman–Crippen MR) is 169 cm³/mol. The highest BCUT2D eigenvalue weighted by Crippen LogP contribution is 2.29. The van der Waals surface area contributed by atoms with E-state index in [9.17, 15) is 28.2 Å². The van der Waals surface area contributed by atoms with Gasteiger partial charge in [-0.15, -0.1) is 0 Å². The molecule has 2 heterocycles. The maximum atomic E-state index is 12.7. The van der Waals surface area contributed by atoms with Crippen LogP contribution in [-0.4, -0.2) is 81.7 Å². The molecule has 242 valence electrons. The van der Waals surface area contributed by atoms with E-state index >= 15 is 0 Å². The molecule has 6 N–H and O–H groups in total. The van der Waals surface area contributed by atoms with Crippen molar-refractivity contribution in [3.63, 3.8) is 0 Å². The number of H-pyrrole nitrogens is 1. The van der Waals surface area contributed by atoms with Crippen LogP contribution in [0, 0.1) is 5.92 Å². The number of amides is 2. The minimum absolute atomic E-state index is 0.218. The number of benzene rings is 1. The molecule has 13 heteroatoms. The number of para-hydroxylation sites is 1. The third-order valence-corrected chi connectivity index (χ3v) is 9.66. The summed E-state index contributed by atoms with van der Waals surface area (Å²) in [6.07, 6.45) is 8.15. The number of imide groups is 1. The number of fused-ring (bicyclic) bond motifs is 1. The summed E-state index contributed by atoms with van der Waals surface area (Å²) in [5.41, 5.74) is 1.65. The largest absolute Gasteiger partial charge is 0.389 e. The molecule has 1 unspecified atom stereocenters. The number of carbonyl (C=O) groups is 2. The van der Waals surface area contributed by atoms with Gasteiger partial charge in [0.05, 0.1) is 23.7 Å². The molecule has 4 atom stereocenters. The first-order chi connectivity index (χ1) is 21.0. The van der Waals surface area contributed by atoms with Crippen LogP contribution in [0.2, 0.25) is 0 Å². The fourth-order valence-corrected chi connectivity index (χ4v) is 7.11. The Hall–Kier alpha value is -3.10. The molecule has 0 aliphatic heterocycles. The number of imidazole rings is 1. The third kappa shape index (κ3) is 9.70. The number of aliphatic hydroxyl groups excluding tert-OH is 2. The molecule has 4 rings (SSSR count). The van der Waals surface area contributed by atoms with Gasteiger partial charge in [0, 0.05) is 42.1 Å². The maximum Gasteiger partial charge on any atom is 0.333 e. The Balaban J connectivity index is 1.35. The molecule has 3 aromatic rings. The summed E-state index contributed by atoms with van der Waals surface area (Å²) in [4.78, 5) is 32.7. The van der Waals surface area contributed by atoms with Gasteiger partial charge in [-0.1, -0.05) is 63.6 Å². The van der Waals surface area contributed by atoms with E-state index in [4.69, 9.17) is 0 Å². The van der Waals surface area contributed by atoms with Crippen molar-refractivity contribution in [1.82, 2.24) is 29.9 Å². The molecule has 0 spiro atoms. The number of aromatic amines is 1. The number of carbonyl (C=O) groups excluding carboxylic acids is 2. The van der Waals surface area contributed by atoms with E-state index in [2.05, 4.69) is 25.3 Å². The van der Waals surface area contributed by atoms with Crippen LogP contribution >= 0.6 is 0 Å². The summed E-state index contributed by atoms with van der Waals surface area (Å²) >= 11 is 0. The quantitative estimate of drug-likeness (QED) is 0.139. The zero-order valence-electron chi connectivity index (χ0n) is 25.5. The number of aromatic nitrogens is 3. The third-order valence-electron chi connectivity index (χ3n) is 8.24. The molecule has 2 amide bonds. The van der Waals surface area contributed by atoms with Gasteiger partial charge in [-0.2, -0.15) is 0 Å². The molecular weight excluding hydrogens is 584 g/mol. The number of nitrogens with zero attached hydrogens (tertiary/aromatic N) is 2. The van der Waals surface area contributed by atoms with Gasteiger partial charge >= 0.3 is 6.03 Å². The van der Waals surface area contributed by atoms with Gasteiger partial charge in [0.15, 0.2) is 0 Å². The van der Waals surface area contributed by atoms with E-state index < -0.39 is 46.0 Å². The lowest BCUT2D eigenvalue weighted by Gasteiger charge is -2.34. The van der Waals surface area contributed by atoms with E-state index in [-0.39, 0.29) is 11.7 Å². The zero-order valence-corrected chi connectivity index (χ0v) is 26.4. The van der Waals surface area contributed by atoms with Crippen LogP contribution in [0.25, 0.3) is 10.9 Å². The zero-order chi connectivity index (χ0) is 31.7. The number of hydrogen-bond acceptors (Lipinski definition) is 8. The van der Waals surface area contributed by atoms with Gasteiger partial charge in [-0.25, -0.2) is 22.9 Å². The molecule has 0 radical (unpaired) electrons. The Morgan fingerprint density at radius 3 is 2.64 bits per heavy atom. The average Bonchev–Trinajstić information content (AvgIpc) is 3.64. The van der Waals surface area contributed by atoms with Gasteiger partial charge in [-0.3, -0.25) is 14.7 Å². The van der Waals surface area contributed by atoms with Crippen LogP contribution in [0.5, 0.6) is 0 Å². The second kappa shape index (κ2) is 15.8. The fraction of sp³-hybridized carbons (Fsp3) is 0.581. The number of unbranched alkanes of at least 4 members (excludes halogenated alkanes) is 1. The second-order valence-corrected chi connectivity index (χ2v) is 13.9. The van der Waals surface area contributed by atoms with Crippen molar-refractivity contribution in [2.45, 2.75) is 95.9 Å². The molecule has 12 nitrogen and oxygen atoms in total. The van der Waals surface area contributed by atoms with E-state index in [0.29, 0.717) is 37.4 Å². The Morgan fingerprint density at radius 1 is 1.16 bits per heavy atom. The smallest absolute Gasteiger partial charge is 0.333 e. The van der Waals surface area contributed by atoms with Crippen LogP contribution in [0.15, 0.2) is 42.9 Å².